The monoisotopic (exact) mass is 985 g/mol. The standard InChI is InChI=1S/C32H41N15O14P2S2/c1-53-20-12(3-48)57-31(46-10-43-16-25(34)37-7-40-28(16)46)22(20)60-63(52,65)56-5-14-21(54-2)23(32(59-14)47-11-44-17-26(35)38-8-41-29(17)47)61-62(51,64)55-4-13-18(49)19(50)30(58-13)45-9-42-15-24(33)36-6-39-27(15)45/h6-14,18-23,30-32,48-50H,3-5H2,1-2H3,(H,51,64)(H,52,65)(H2,33,36,39)(H2,34,37,40)(H2,35,38,41). The summed E-state index contributed by atoms with van der Waals surface area (Å²) < 4.78 is 58.0. The first-order chi connectivity index (χ1) is 31.1. The van der Waals surface area contributed by atoms with E-state index in [4.69, 9.17) is 82.6 Å². The summed E-state index contributed by atoms with van der Waals surface area (Å²) in [6.07, 6.45) is -6.83. The summed E-state index contributed by atoms with van der Waals surface area (Å²) in [5.74, 6) is 0.259. The Morgan fingerprint density at radius 1 is 0.569 bits per heavy atom. The van der Waals surface area contributed by atoms with Crippen LogP contribution in [-0.4, -0.2) is 173 Å². The van der Waals surface area contributed by atoms with Crippen molar-refractivity contribution < 1.29 is 66.9 Å². The molecule has 0 aromatic carbocycles. The number of ether oxygens (including phenoxy) is 5. The van der Waals surface area contributed by atoms with E-state index in [0.717, 1.165) is 0 Å². The number of hydrogen-bond donors (Lipinski definition) is 8. The zero-order chi connectivity index (χ0) is 45.9. The highest BCUT2D eigenvalue weighted by molar-refractivity contribution is 8.07. The van der Waals surface area contributed by atoms with E-state index in [1.165, 1.54) is 65.9 Å². The van der Waals surface area contributed by atoms with Crippen LogP contribution in [0.2, 0.25) is 0 Å². The molecule has 6 aromatic heterocycles. The Morgan fingerprint density at radius 2 is 0.954 bits per heavy atom. The van der Waals surface area contributed by atoms with Crippen LogP contribution in [0.4, 0.5) is 17.5 Å². The van der Waals surface area contributed by atoms with E-state index in [0.29, 0.717) is 0 Å². The van der Waals surface area contributed by atoms with Gasteiger partial charge in [-0.2, -0.15) is 0 Å². The number of nitrogens with two attached hydrogens (primary N) is 3. The molecular formula is C32H41N15O14P2S2. The van der Waals surface area contributed by atoms with Gasteiger partial charge in [0.25, 0.3) is 0 Å². The topological polar surface area (TPSA) is 393 Å². The molecule has 3 fully saturated rings. The molecule has 33 heteroatoms. The number of aromatic nitrogens is 12. The molecule has 0 bridgehead atoms. The van der Waals surface area contributed by atoms with Gasteiger partial charge in [0.1, 0.15) is 90.5 Å². The molecule has 3 aliphatic heterocycles. The lowest BCUT2D eigenvalue weighted by molar-refractivity contribution is -0.0598. The first-order valence-electron chi connectivity index (χ1n) is 19.2. The highest BCUT2D eigenvalue weighted by Gasteiger charge is 2.53. The van der Waals surface area contributed by atoms with E-state index >= 15 is 0 Å². The van der Waals surface area contributed by atoms with Crippen molar-refractivity contribution in [3.05, 3.63) is 38.0 Å². The van der Waals surface area contributed by atoms with E-state index in [2.05, 4.69) is 44.9 Å². The number of nitrogens with zero attached hydrogens (tertiary/aromatic N) is 12. The third-order valence-electron chi connectivity index (χ3n) is 10.9. The van der Waals surface area contributed by atoms with Crippen LogP contribution in [0, 0.1) is 0 Å². The van der Waals surface area contributed by atoms with Crippen molar-refractivity contribution >= 4 is 88.0 Å². The summed E-state index contributed by atoms with van der Waals surface area (Å²) in [5, 5.41) is 32.1. The van der Waals surface area contributed by atoms with Crippen LogP contribution in [0.1, 0.15) is 18.7 Å². The zero-order valence-electron chi connectivity index (χ0n) is 33.7. The first kappa shape index (κ1) is 45.9. The maximum Gasteiger partial charge on any atom is 0.325 e. The number of anilines is 3. The second-order valence-corrected chi connectivity index (χ2v) is 20.3. The van der Waals surface area contributed by atoms with Gasteiger partial charge < -0.3 is 75.0 Å². The lowest BCUT2D eigenvalue weighted by Crippen LogP contribution is -2.38. The molecule has 0 radical (unpaired) electrons. The number of aliphatic hydroxyl groups excluding tert-OH is 3. The summed E-state index contributed by atoms with van der Waals surface area (Å²) >= 11 is 11.0. The van der Waals surface area contributed by atoms with Crippen molar-refractivity contribution in [2.45, 2.75) is 73.6 Å². The minimum atomic E-state index is -4.34. The number of hydrogen-bond acceptors (Lipinski definition) is 26. The molecule has 9 heterocycles. The molecule has 29 nitrogen and oxygen atoms in total. The van der Waals surface area contributed by atoms with E-state index < -0.39 is 107 Å². The predicted octanol–water partition coefficient (Wildman–Crippen LogP) is -2.07. The first-order valence-corrected chi connectivity index (χ1v) is 24.4. The fourth-order valence-corrected chi connectivity index (χ4v) is 10.7. The Hall–Kier alpha value is -4.21. The number of fused-ring (bicyclic) bond motifs is 3. The number of methoxy groups -OCH3 is 2. The van der Waals surface area contributed by atoms with Crippen molar-refractivity contribution in [3.63, 3.8) is 0 Å². The maximum absolute atomic E-state index is 11.6. The average Bonchev–Trinajstić information content (AvgIpc) is 4.14. The zero-order valence-corrected chi connectivity index (χ0v) is 37.2. The lowest BCUT2D eigenvalue weighted by atomic mass is 10.1. The third kappa shape index (κ3) is 8.55. The highest BCUT2D eigenvalue weighted by Crippen LogP contribution is 2.53. The second kappa shape index (κ2) is 18.1. The number of nitrogen functional groups attached to an aromatic ring is 3. The normalized spacial score (nSPS) is 31.3. The Labute approximate surface area is 375 Å². The van der Waals surface area contributed by atoms with Crippen molar-refractivity contribution in [3.8, 4) is 0 Å². The smallest absolute Gasteiger partial charge is 0.325 e. The molecule has 3 aliphatic rings. The molecule has 65 heavy (non-hydrogen) atoms. The van der Waals surface area contributed by atoms with E-state index in [9.17, 15) is 25.1 Å². The fourth-order valence-electron chi connectivity index (χ4n) is 7.91. The summed E-state index contributed by atoms with van der Waals surface area (Å²) in [5.41, 5.74) is 19.4. The number of aliphatic hydroxyl groups is 3. The van der Waals surface area contributed by atoms with Gasteiger partial charge in [-0.25, -0.2) is 44.9 Å². The molecule has 0 amide bonds. The molecule has 0 saturated carbocycles. The molecule has 11 N–H and O–H groups in total. The van der Waals surface area contributed by atoms with Crippen molar-refractivity contribution in [1.82, 2.24) is 58.6 Å². The van der Waals surface area contributed by atoms with E-state index in [1.807, 2.05) is 0 Å². The molecule has 0 aliphatic carbocycles. The van der Waals surface area contributed by atoms with Crippen LogP contribution in [0.3, 0.4) is 0 Å². The van der Waals surface area contributed by atoms with Crippen LogP contribution in [0.25, 0.3) is 33.5 Å². The highest BCUT2D eigenvalue weighted by atomic mass is 32.5. The van der Waals surface area contributed by atoms with Crippen LogP contribution in [0.5, 0.6) is 0 Å². The number of rotatable bonds is 16. The summed E-state index contributed by atoms with van der Waals surface area (Å²) in [6, 6.07) is 0. The van der Waals surface area contributed by atoms with Gasteiger partial charge in [0, 0.05) is 14.2 Å². The van der Waals surface area contributed by atoms with Crippen molar-refractivity contribution in [2.24, 2.45) is 0 Å². The largest absolute Gasteiger partial charge is 0.394 e. The number of imidazole rings is 3. The van der Waals surface area contributed by atoms with Gasteiger partial charge in [-0.3, -0.25) is 22.7 Å². The SMILES string of the molecule is COC1C(CO)OC(n2cnc3c(N)ncnc32)C1OP(O)(=S)OCC1OC(n2cnc3c(N)ncnc32)C(OP(O)(=S)OCC2OC(n3cnc4c(N)ncnc43)C(O)C2O)C1OC. The van der Waals surface area contributed by atoms with Gasteiger partial charge in [-0.1, -0.05) is 0 Å². The molecule has 350 valence electrons. The molecule has 9 rings (SSSR count). The maximum atomic E-state index is 11.6. The van der Waals surface area contributed by atoms with Crippen molar-refractivity contribution in [1.29, 1.82) is 0 Å². The molecule has 14 atom stereocenters. The molecule has 14 unspecified atom stereocenters. The summed E-state index contributed by atoms with van der Waals surface area (Å²) in [4.78, 5) is 60.5. The quantitative estimate of drug-likeness (QED) is 0.0483. The van der Waals surface area contributed by atoms with Crippen LogP contribution < -0.4 is 17.2 Å². The van der Waals surface area contributed by atoms with Gasteiger partial charge in [0.15, 0.2) is 53.1 Å². The summed E-state index contributed by atoms with van der Waals surface area (Å²) in [7, 11) is 2.69. The van der Waals surface area contributed by atoms with E-state index in [-0.39, 0.29) is 50.9 Å². The Bertz CT molecular complexity index is 2790. The van der Waals surface area contributed by atoms with Crippen molar-refractivity contribution in [2.75, 3.05) is 51.2 Å². The van der Waals surface area contributed by atoms with E-state index in [1.54, 1.807) is 0 Å². The molecule has 3 saturated heterocycles. The Balaban J connectivity index is 0.934. The molecular weight excluding hydrogens is 945 g/mol. The minimum absolute atomic E-state index is 0.0583. The Kier molecular flexibility index (Phi) is 12.8. The van der Waals surface area contributed by atoms with Gasteiger partial charge in [0.2, 0.25) is 0 Å². The lowest BCUT2D eigenvalue weighted by Gasteiger charge is -2.29. The van der Waals surface area contributed by atoms with Gasteiger partial charge in [-0.05, 0) is 23.6 Å². The summed E-state index contributed by atoms with van der Waals surface area (Å²) in [6.45, 7) is -10.2. The predicted molar refractivity (Wildman–Crippen MR) is 226 cm³/mol. The van der Waals surface area contributed by atoms with Gasteiger partial charge >= 0.3 is 13.4 Å². The van der Waals surface area contributed by atoms with Gasteiger partial charge in [0.05, 0.1) is 38.8 Å². The molecule has 0 spiro atoms. The third-order valence-corrected chi connectivity index (χ3v) is 14.0. The van der Waals surface area contributed by atoms with Gasteiger partial charge in [-0.15, -0.1) is 0 Å². The fraction of sp³-hybridized carbons (Fsp3) is 0.531. The minimum Gasteiger partial charge on any atom is -0.394 e. The van der Waals surface area contributed by atoms with Crippen LogP contribution in [0.15, 0.2) is 38.0 Å². The molecule has 6 aromatic rings. The second-order valence-electron chi connectivity index (χ2n) is 14.7. The van der Waals surface area contributed by atoms with Crippen LogP contribution >= 0.6 is 13.4 Å². The average molecular weight is 986 g/mol. The van der Waals surface area contributed by atoms with Crippen LogP contribution in [-0.2, 0) is 65.4 Å². The Morgan fingerprint density at radius 3 is 1.38 bits per heavy atom.